The second-order valence-electron chi connectivity index (χ2n) is 8.47. The molecule has 0 saturated carbocycles. The van der Waals surface area contributed by atoms with Crippen LogP contribution in [0.1, 0.15) is 28.4 Å². The lowest BCUT2D eigenvalue weighted by molar-refractivity contribution is -0.139. The molecule has 0 bridgehead atoms. The number of rotatable bonds is 7. The summed E-state index contributed by atoms with van der Waals surface area (Å²) in [6, 6.07) is 17.7. The van der Waals surface area contributed by atoms with Crippen molar-refractivity contribution in [2.45, 2.75) is 18.9 Å². The number of ether oxygens (including phenoxy) is 2. The van der Waals surface area contributed by atoms with E-state index in [0.717, 1.165) is 11.1 Å². The summed E-state index contributed by atoms with van der Waals surface area (Å²) in [7, 11) is 1.57. The lowest BCUT2D eigenvalue weighted by atomic mass is 9.87. The van der Waals surface area contributed by atoms with E-state index in [1.165, 1.54) is 0 Å². The van der Waals surface area contributed by atoms with E-state index in [9.17, 15) is 9.59 Å². The Kier molecular flexibility index (Phi) is 6.52. The highest BCUT2D eigenvalue weighted by Crippen LogP contribution is 2.41. The van der Waals surface area contributed by atoms with E-state index in [2.05, 4.69) is 5.16 Å². The highest BCUT2D eigenvalue weighted by molar-refractivity contribution is 6.30. The van der Waals surface area contributed by atoms with Gasteiger partial charge in [0.15, 0.2) is 12.2 Å². The molecular weight excluding hydrogens is 484 g/mol. The molecule has 36 heavy (non-hydrogen) atoms. The van der Waals surface area contributed by atoms with Crippen LogP contribution in [0.2, 0.25) is 5.02 Å². The van der Waals surface area contributed by atoms with Crippen molar-refractivity contribution in [2.24, 2.45) is 0 Å². The van der Waals surface area contributed by atoms with Gasteiger partial charge in [0.05, 0.1) is 19.6 Å². The zero-order chi connectivity index (χ0) is 25.2. The Balaban J connectivity index is 1.55. The SMILES string of the molecule is COc1ccc2onc(CC(=O)N3CCc4ccccc4C3c3cc(Cl)ccc3OCC(=O)O)c2c1. The fourth-order valence-corrected chi connectivity index (χ4v) is 4.82. The molecule has 1 aromatic heterocycles. The van der Waals surface area contributed by atoms with Crippen LogP contribution in [0.15, 0.2) is 65.2 Å². The van der Waals surface area contributed by atoms with Crippen molar-refractivity contribution in [3.05, 3.63) is 88.1 Å². The molecule has 1 aliphatic heterocycles. The summed E-state index contributed by atoms with van der Waals surface area (Å²) in [5, 5.41) is 14.5. The number of carboxylic acids is 1. The third kappa shape index (κ3) is 4.59. The van der Waals surface area contributed by atoms with Crippen LogP contribution in [0, 0.1) is 0 Å². The maximum Gasteiger partial charge on any atom is 0.341 e. The number of aromatic nitrogens is 1. The van der Waals surface area contributed by atoms with Gasteiger partial charge in [-0.15, -0.1) is 0 Å². The zero-order valence-electron chi connectivity index (χ0n) is 19.4. The number of benzene rings is 3. The summed E-state index contributed by atoms with van der Waals surface area (Å²) >= 11 is 6.35. The Bertz CT molecular complexity index is 1450. The minimum atomic E-state index is -1.10. The first-order valence-electron chi connectivity index (χ1n) is 11.4. The molecular formula is C27H23ClN2O6. The Morgan fingerprint density at radius 1 is 1.14 bits per heavy atom. The van der Waals surface area contributed by atoms with E-state index in [0.29, 0.717) is 51.7 Å². The average molecular weight is 507 g/mol. The topological polar surface area (TPSA) is 102 Å². The molecule has 0 aliphatic carbocycles. The number of hydrogen-bond acceptors (Lipinski definition) is 6. The fraction of sp³-hybridized carbons (Fsp3) is 0.222. The number of amides is 1. The van der Waals surface area contributed by atoms with E-state index in [4.69, 9.17) is 30.7 Å². The van der Waals surface area contributed by atoms with Crippen molar-refractivity contribution in [3.8, 4) is 11.5 Å². The van der Waals surface area contributed by atoms with Crippen molar-refractivity contribution in [1.29, 1.82) is 0 Å². The monoisotopic (exact) mass is 506 g/mol. The van der Waals surface area contributed by atoms with Gasteiger partial charge in [-0.2, -0.15) is 0 Å². The van der Waals surface area contributed by atoms with Crippen LogP contribution in [0.25, 0.3) is 11.0 Å². The molecule has 8 nitrogen and oxygen atoms in total. The Morgan fingerprint density at radius 3 is 2.78 bits per heavy atom. The molecule has 1 aliphatic rings. The molecule has 1 amide bonds. The number of hydrogen-bond donors (Lipinski definition) is 1. The molecule has 184 valence electrons. The van der Waals surface area contributed by atoms with Gasteiger partial charge in [0.25, 0.3) is 0 Å². The normalized spacial score (nSPS) is 14.9. The zero-order valence-corrected chi connectivity index (χ0v) is 20.2. The van der Waals surface area contributed by atoms with Gasteiger partial charge in [-0.25, -0.2) is 4.79 Å². The highest BCUT2D eigenvalue weighted by Gasteiger charge is 2.34. The number of fused-ring (bicyclic) bond motifs is 2. The Labute approximate surface area is 212 Å². The average Bonchev–Trinajstić information content (AvgIpc) is 3.28. The quantitative estimate of drug-likeness (QED) is 0.388. The first kappa shape index (κ1) is 23.7. The van der Waals surface area contributed by atoms with Crippen molar-refractivity contribution < 1.29 is 28.7 Å². The summed E-state index contributed by atoms with van der Waals surface area (Å²) in [6.07, 6.45) is 0.697. The van der Waals surface area contributed by atoms with Gasteiger partial charge in [-0.1, -0.05) is 41.0 Å². The second kappa shape index (κ2) is 9.91. The van der Waals surface area contributed by atoms with Crippen LogP contribution in [0.3, 0.4) is 0 Å². The van der Waals surface area contributed by atoms with Crippen molar-refractivity contribution >= 4 is 34.4 Å². The number of carboxylic acid groups (broad SMARTS) is 1. The fourth-order valence-electron chi connectivity index (χ4n) is 4.64. The van der Waals surface area contributed by atoms with Crippen LogP contribution >= 0.6 is 11.6 Å². The van der Waals surface area contributed by atoms with Crippen LogP contribution in [0.4, 0.5) is 0 Å². The lowest BCUT2D eigenvalue weighted by Crippen LogP contribution is -2.41. The molecule has 0 radical (unpaired) electrons. The summed E-state index contributed by atoms with van der Waals surface area (Å²) in [6.45, 7) is -0.0474. The molecule has 2 heterocycles. The number of halogens is 1. The smallest absolute Gasteiger partial charge is 0.341 e. The number of carbonyl (C=O) groups excluding carboxylic acids is 1. The minimum Gasteiger partial charge on any atom is -0.497 e. The van der Waals surface area contributed by atoms with E-state index < -0.39 is 18.6 Å². The predicted octanol–water partition coefficient (Wildman–Crippen LogP) is 4.67. The molecule has 3 aromatic carbocycles. The van der Waals surface area contributed by atoms with Gasteiger partial charge < -0.3 is 24.0 Å². The van der Waals surface area contributed by atoms with Gasteiger partial charge in [0, 0.05) is 22.5 Å². The first-order valence-corrected chi connectivity index (χ1v) is 11.8. The molecule has 1 N–H and O–H groups in total. The van der Waals surface area contributed by atoms with E-state index in [1.807, 2.05) is 24.3 Å². The van der Waals surface area contributed by atoms with E-state index in [-0.39, 0.29) is 12.3 Å². The minimum absolute atomic E-state index is 0.0186. The Hall–Kier alpha value is -4.04. The third-order valence-electron chi connectivity index (χ3n) is 6.29. The molecule has 1 atom stereocenters. The van der Waals surface area contributed by atoms with Gasteiger partial charge >= 0.3 is 5.97 Å². The number of methoxy groups -OCH3 is 1. The molecule has 0 spiro atoms. The third-order valence-corrected chi connectivity index (χ3v) is 6.53. The number of nitrogens with zero attached hydrogens (tertiary/aromatic N) is 2. The maximum atomic E-state index is 13.8. The van der Waals surface area contributed by atoms with Gasteiger partial charge in [-0.3, -0.25) is 4.79 Å². The molecule has 0 fully saturated rings. The van der Waals surface area contributed by atoms with Crippen LogP contribution in [0.5, 0.6) is 11.5 Å². The molecule has 1 unspecified atom stereocenters. The second-order valence-corrected chi connectivity index (χ2v) is 8.91. The van der Waals surface area contributed by atoms with Crippen molar-refractivity contribution in [1.82, 2.24) is 10.1 Å². The molecule has 4 aromatic rings. The van der Waals surface area contributed by atoms with Crippen molar-refractivity contribution in [3.63, 3.8) is 0 Å². The standard InChI is InChI=1S/C27H23ClN2O6/c1-34-18-7-9-24-20(13-18)22(29-36-24)14-25(31)30-11-10-16-4-2-3-5-19(16)27(30)21-12-17(28)6-8-23(21)35-15-26(32)33/h2-9,12-13,27H,10-11,14-15H2,1H3,(H,32,33). The number of carbonyl (C=O) groups is 2. The van der Waals surface area contributed by atoms with Crippen LogP contribution in [-0.2, 0) is 22.4 Å². The van der Waals surface area contributed by atoms with E-state index >= 15 is 0 Å². The molecule has 9 heteroatoms. The van der Waals surface area contributed by atoms with Gasteiger partial charge in [-0.05, 0) is 53.9 Å². The molecule has 0 saturated heterocycles. The van der Waals surface area contributed by atoms with Gasteiger partial charge in [0.1, 0.15) is 17.2 Å². The summed E-state index contributed by atoms with van der Waals surface area (Å²) < 4.78 is 16.3. The van der Waals surface area contributed by atoms with Crippen LogP contribution in [-0.4, -0.2) is 47.3 Å². The Morgan fingerprint density at radius 2 is 1.97 bits per heavy atom. The van der Waals surface area contributed by atoms with E-state index in [1.54, 1.807) is 48.4 Å². The van der Waals surface area contributed by atoms with Gasteiger partial charge in [0.2, 0.25) is 5.91 Å². The highest BCUT2D eigenvalue weighted by atomic mass is 35.5. The maximum absolute atomic E-state index is 13.8. The first-order chi connectivity index (χ1) is 17.4. The summed E-state index contributed by atoms with van der Waals surface area (Å²) in [4.78, 5) is 26.7. The van der Waals surface area contributed by atoms with Crippen LogP contribution < -0.4 is 9.47 Å². The number of aliphatic carboxylic acids is 1. The van der Waals surface area contributed by atoms with Crippen molar-refractivity contribution in [2.75, 3.05) is 20.3 Å². The summed E-state index contributed by atoms with van der Waals surface area (Å²) in [5.74, 6) is -0.251. The summed E-state index contributed by atoms with van der Waals surface area (Å²) in [5.41, 5.74) is 3.74. The molecule has 5 rings (SSSR count). The largest absolute Gasteiger partial charge is 0.497 e. The predicted molar refractivity (Wildman–Crippen MR) is 133 cm³/mol. The lowest BCUT2D eigenvalue weighted by Gasteiger charge is -2.38.